The molecule has 1 rings (SSSR count). The number of rotatable bonds is 2. The van der Waals surface area contributed by atoms with Crippen LogP contribution in [-0.4, -0.2) is 26.0 Å². The SMILES string of the molecule is Cc1cc(C(C)N(C(=O)O)C(C)(C)C)ns1. The predicted octanol–water partition coefficient (Wildman–Crippen LogP) is 3.29. The quantitative estimate of drug-likeness (QED) is 0.865. The molecule has 0 aliphatic rings. The van der Waals surface area contributed by atoms with E-state index >= 15 is 0 Å². The fourth-order valence-electron chi connectivity index (χ4n) is 1.75. The van der Waals surface area contributed by atoms with Crippen LogP contribution < -0.4 is 0 Å². The molecular weight excluding hydrogens is 224 g/mol. The molecule has 1 atom stereocenters. The molecule has 90 valence electrons. The van der Waals surface area contributed by atoms with Gasteiger partial charge in [0, 0.05) is 10.4 Å². The van der Waals surface area contributed by atoms with Gasteiger partial charge in [0.05, 0.1) is 11.7 Å². The monoisotopic (exact) mass is 242 g/mol. The van der Waals surface area contributed by atoms with E-state index in [-0.39, 0.29) is 6.04 Å². The van der Waals surface area contributed by atoms with Crippen LogP contribution in [0.5, 0.6) is 0 Å². The fraction of sp³-hybridized carbons (Fsp3) is 0.636. The minimum Gasteiger partial charge on any atom is -0.465 e. The summed E-state index contributed by atoms with van der Waals surface area (Å²) in [4.78, 5) is 13.8. The molecular formula is C11H18N2O2S. The molecule has 1 heterocycles. The van der Waals surface area contributed by atoms with Crippen LogP contribution in [0.2, 0.25) is 0 Å². The smallest absolute Gasteiger partial charge is 0.408 e. The van der Waals surface area contributed by atoms with Gasteiger partial charge in [-0.1, -0.05) is 0 Å². The zero-order valence-electron chi connectivity index (χ0n) is 10.3. The summed E-state index contributed by atoms with van der Waals surface area (Å²) in [6.07, 6.45) is -0.911. The molecule has 0 aliphatic carbocycles. The maximum Gasteiger partial charge on any atom is 0.408 e. The van der Waals surface area contributed by atoms with E-state index in [1.807, 2.05) is 40.7 Å². The third-order valence-electron chi connectivity index (χ3n) is 2.39. The van der Waals surface area contributed by atoms with Crippen molar-refractivity contribution >= 4 is 17.6 Å². The lowest BCUT2D eigenvalue weighted by atomic mass is 10.0. The summed E-state index contributed by atoms with van der Waals surface area (Å²) in [5.74, 6) is 0. The zero-order chi connectivity index (χ0) is 12.5. The topological polar surface area (TPSA) is 53.4 Å². The highest BCUT2D eigenvalue weighted by Crippen LogP contribution is 2.28. The predicted molar refractivity (Wildman–Crippen MR) is 64.9 cm³/mol. The number of aryl methyl sites for hydroxylation is 1. The van der Waals surface area contributed by atoms with Crippen molar-refractivity contribution in [1.82, 2.24) is 9.27 Å². The molecule has 0 saturated heterocycles. The van der Waals surface area contributed by atoms with Gasteiger partial charge in [-0.05, 0) is 52.2 Å². The van der Waals surface area contributed by atoms with Crippen molar-refractivity contribution in [2.75, 3.05) is 0 Å². The van der Waals surface area contributed by atoms with E-state index < -0.39 is 11.6 Å². The van der Waals surface area contributed by atoms with Gasteiger partial charge in [0.25, 0.3) is 0 Å². The van der Waals surface area contributed by atoms with Crippen molar-refractivity contribution in [2.45, 2.75) is 46.2 Å². The molecule has 5 heteroatoms. The lowest BCUT2D eigenvalue weighted by Crippen LogP contribution is -2.46. The Morgan fingerprint density at radius 1 is 1.56 bits per heavy atom. The Bertz CT molecular complexity index is 382. The van der Waals surface area contributed by atoms with Gasteiger partial charge in [-0.3, -0.25) is 4.90 Å². The van der Waals surface area contributed by atoms with Crippen LogP contribution >= 0.6 is 11.5 Å². The maximum absolute atomic E-state index is 11.3. The highest BCUT2D eigenvalue weighted by atomic mass is 32.1. The van der Waals surface area contributed by atoms with Gasteiger partial charge >= 0.3 is 6.09 Å². The number of nitrogens with zero attached hydrogens (tertiary/aromatic N) is 2. The normalized spacial score (nSPS) is 13.6. The molecule has 16 heavy (non-hydrogen) atoms. The first kappa shape index (κ1) is 13.0. The first-order valence-corrected chi connectivity index (χ1v) is 5.96. The van der Waals surface area contributed by atoms with Crippen molar-refractivity contribution in [3.8, 4) is 0 Å². The van der Waals surface area contributed by atoms with Crippen LogP contribution in [-0.2, 0) is 0 Å². The Morgan fingerprint density at radius 3 is 2.44 bits per heavy atom. The number of hydrogen-bond donors (Lipinski definition) is 1. The average Bonchev–Trinajstić information content (AvgIpc) is 2.48. The molecule has 0 fully saturated rings. The number of carboxylic acid groups (broad SMARTS) is 1. The van der Waals surface area contributed by atoms with E-state index in [0.717, 1.165) is 10.6 Å². The van der Waals surface area contributed by atoms with E-state index in [2.05, 4.69) is 4.37 Å². The van der Waals surface area contributed by atoms with Crippen molar-refractivity contribution in [2.24, 2.45) is 0 Å². The Kier molecular flexibility index (Phi) is 3.57. The van der Waals surface area contributed by atoms with Gasteiger partial charge in [0.1, 0.15) is 0 Å². The van der Waals surface area contributed by atoms with Gasteiger partial charge in [0.2, 0.25) is 0 Å². The van der Waals surface area contributed by atoms with Crippen molar-refractivity contribution < 1.29 is 9.90 Å². The molecule has 0 spiro atoms. The molecule has 0 aliphatic heterocycles. The van der Waals surface area contributed by atoms with Crippen LogP contribution in [0.4, 0.5) is 4.79 Å². The molecule has 1 N–H and O–H groups in total. The largest absolute Gasteiger partial charge is 0.465 e. The Morgan fingerprint density at radius 2 is 2.12 bits per heavy atom. The molecule has 4 nitrogen and oxygen atoms in total. The molecule has 1 unspecified atom stereocenters. The average molecular weight is 242 g/mol. The van der Waals surface area contributed by atoms with Crippen molar-refractivity contribution in [3.63, 3.8) is 0 Å². The molecule has 0 radical (unpaired) electrons. The number of carbonyl (C=O) groups is 1. The molecule has 1 aromatic heterocycles. The summed E-state index contributed by atoms with van der Waals surface area (Å²) in [5.41, 5.74) is 0.391. The zero-order valence-corrected chi connectivity index (χ0v) is 11.1. The first-order valence-electron chi connectivity index (χ1n) is 5.19. The second-order valence-electron chi connectivity index (χ2n) is 4.86. The minimum atomic E-state index is -0.911. The molecule has 1 aromatic rings. The minimum absolute atomic E-state index is 0.220. The maximum atomic E-state index is 11.3. The van der Waals surface area contributed by atoms with Gasteiger partial charge in [0.15, 0.2) is 0 Å². The molecule has 0 bridgehead atoms. The van der Waals surface area contributed by atoms with E-state index in [0.29, 0.717) is 0 Å². The Hall–Kier alpha value is -1.10. The summed E-state index contributed by atoms with van der Waals surface area (Å²) in [7, 11) is 0. The van der Waals surface area contributed by atoms with Crippen LogP contribution in [0.1, 0.15) is 44.3 Å². The van der Waals surface area contributed by atoms with Crippen molar-refractivity contribution in [3.05, 3.63) is 16.6 Å². The highest BCUT2D eigenvalue weighted by molar-refractivity contribution is 7.05. The Balaban J connectivity index is 3.01. The standard InChI is InChI=1S/C11H18N2O2S/c1-7-6-9(12-16-7)8(2)13(10(14)15)11(3,4)5/h6,8H,1-5H3,(H,14,15). The number of aromatic nitrogens is 1. The number of hydrogen-bond acceptors (Lipinski definition) is 3. The summed E-state index contributed by atoms with van der Waals surface area (Å²) in [5, 5.41) is 9.25. The van der Waals surface area contributed by atoms with E-state index in [1.54, 1.807) is 0 Å². The van der Waals surface area contributed by atoms with E-state index in [9.17, 15) is 9.90 Å². The molecule has 1 amide bonds. The molecule has 0 aromatic carbocycles. The van der Waals surface area contributed by atoms with Crippen molar-refractivity contribution in [1.29, 1.82) is 0 Å². The Labute approximate surface area is 100 Å². The second-order valence-corrected chi connectivity index (χ2v) is 5.87. The third kappa shape index (κ3) is 2.72. The summed E-state index contributed by atoms with van der Waals surface area (Å²) in [6.45, 7) is 9.49. The van der Waals surface area contributed by atoms with Crippen LogP contribution in [0.3, 0.4) is 0 Å². The van der Waals surface area contributed by atoms with Gasteiger partial charge in [-0.15, -0.1) is 0 Å². The van der Waals surface area contributed by atoms with Crippen LogP contribution in [0, 0.1) is 6.92 Å². The van der Waals surface area contributed by atoms with Gasteiger partial charge < -0.3 is 5.11 Å². The van der Waals surface area contributed by atoms with E-state index in [1.165, 1.54) is 16.4 Å². The number of amides is 1. The van der Waals surface area contributed by atoms with E-state index in [4.69, 9.17) is 0 Å². The van der Waals surface area contributed by atoms with Crippen LogP contribution in [0.25, 0.3) is 0 Å². The summed E-state index contributed by atoms with van der Waals surface area (Å²) < 4.78 is 4.27. The first-order chi connectivity index (χ1) is 7.23. The third-order valence-corrected chi connectivity index (χ3v) is 3.10. The summed E-state index contributed by atoms with van der Waals surface area (Å²) >= 11 is 1.40. The van der Waals surface area contributed by atoms with Gasteiger partial charge in [-0.2, -0.15) is 4.37 Å². The highest BCUT2D eigenvalue weighted by Gasteiger charge is 2.32. The lowest BCUT2D eigenvalue weighted by molar-refractivity contribution is 0.0743. The lowest BCUT2D eigenvalue weighted by Gasteiger charge is -2.37. The van der Waals surface area contributed by atoms with Gasteiger partial charge in [-0.25, -0.2) is 4.79 Å². The fourth-order valence-corrected chi connectivity index (χ4v) is 2.38. The van der Waals surface area contributed by atoms with Crippen LogP contribution in [0.15, 0.2) is 6.07 Å². The second kappa shape index (κ2) is 4.41. The molecule has 0 saturated carbocycles. The summed E-state index contributed by atoms with van der Waals surface area (Å²) in [6, 6.07) is 1.72.